The molecule has 4 heteroatoms. The van der Waals surface area contributed by atoms with Gasteiger partial charge in [-0.2, -0.15) is 16.9 Å². The van der Waals surface area contributed by atoms with Gasteiger partial charge in [0.25, 0.3) is 0 Å². The van der Waals surface area contributed by atoms with Crippen LogP contribution in [0.1, 0.15) is 31.9 Å². The van der Waals surface area contributed by atoms with E-state index in [1.807, 2.05) is 29.7 Å². The summed E-state index contributed by atoms with van der Waals surface area (Å²) < 4.78 is 1.87. The van der Waals surface area contributed by atoms with E-state index < -0.39 is 0 Å². The van der Waals surface area contributed by atoms with Crippen molar-refractivity contribution < 1.29 is 0 Å². The molecule has 1 rings (SSSR count). The molecule has 86 valence electrons. The van der Waals surface area contributed by atoms with Crippen LogP contribution in [0.2, 0.25) is 0 Å². The Kier molecular flexibility index (Phi) is 5.79. The number of hydrogen-bond donors (Lipinski definition) is 1. The second-order valence-electron chi connectivity index (χ2n) is 3.63. The fourth-order valence-corrected chi connectivity index (χ4v) is 2.49. The number of nitrogens with zero attached hydrogens (tertiary/aromatic N) is 2. The summed E-state index contributed by atoms with van der Waals surface area (Å²) >= 11 is 2.01. The minimum absolute atomic E-state index is 0.445. The molecule has 15 heavy (non-hydrogen) atoms. The number of rotatable bonds is 7. The summed E-state index contributed by atoms with van der Waals surface area (Å²) in [5, 5.41) is 7.71. The van der Waals surface area contributed by atoms with E-state index in [9.17, 15) is 0 Å². The van der Waals surface area contributed by atoms with E-state index in [4.69, 9.17) is 0 Å². The van der Waals surface area contributed by atoms with Crippen molar-refractivity contribution in [3.8, 4) is 0 Å². The maximum Gasteiger partial charge on any atom is 0.0537 e. The average Bonchev–Trinajstić information content (AvgIpc) is 2.64. The van der Waals surface area contributed by atoms with Crippen LogP contribution in [-0.2, 0) is 7.05 Å². The highest BCUT2D eigenvalue weighted by Crippen LogP contribution is 2.18. The summed E-state index contributed by atoms with van der Waals surface area (Å²) in [7, 11) is 1.96. The third kappa shape index (κ3) is 4.26. The molecule has 0 spiro atoms. The van der Waals surface area contributed by atoms with Gasteiger partial charge in [-0.3, -0.25) is 4.68 Å². The lowest BCUT2D eigenvalue weighted by molar-refractivity contribution is 0.605. The minimum Gasteiger partial charge on any atom is -0.309 e. The van der Waals surface area contributed by atoms with E-state index in [1.54, 1.807) is 0 Å². The molecule has 0 fully saturated rings. The van der Waals surface area contributed by atoms with E-state index in [1.165, 1.54) is 17.7 Å². The zero-order chi connectivity index (χ0) is 11.1. The van der Waals surface area contributed by atoms with E-state index in [0.717, 1.165) is 12.3 Å². The second-order valence-corrected chi connectivity index (χ2v) is 4.78. The van der Waals surface area contributed by atoms with Gasteiger partial charge in [0.1, 0.15) is 0 Å². The highest BCUT2D eigenvalue weighted by atomic mass is 32.2. The SMILES string of the molecule is CCCSCC(NCC)c1cnn(C)c1. The lowest BCUT2D eigenvalue weighted by Gasteiger charge is -2.15. The van der Waals surface area contributed by atoms with Crippen LogP contribution in [0.25, 0.3) is 0 Å². The van der Waals surface area contributed by atoms with Gasteiger partial charge in [0.2, 0.25) is 0 Å². The average molecular weight is 227 g/mol. The van der Waals surface area contributed by atoms with Crippen molar-refractivity contribution in [3.05, 3.63) is 18.0 Å². The van der Waals surface area contributed by atoms with E-state index in [0.29, 0.717) is 6.04 Å². The monoisotopic (exact) mass is 227 g/mol. The van der Waals surface area contributed by atoms with Gasteiger partial charge in [-0.25, -0.2) is 0 Å². The molecule has 1 aromatic rings. The first kappa shape index (κ1) is 12.6. The Morgan fingerprint density at radius 1 is 1.53 bits per heavy atom. The molecule has 0 aliphatic rings. The van der Waals surface area contributed by atoms with Gasteiger partial charge in [-0.05, 0) is 18.7 Å². The quantitative estimate of drug-likeness (QED) is 0.724. The third-order valence-corrected chi connectivity index (χ3v) is 3.48. The maximum absolute atomic E-state index is 4.22. The second kappa shape index (κ2) is 6.90. The Balaban J connectivity index is 2.49. The normalized spacial score (nSPS) is 13.0. The molecule has 1 heterocycles. The molecular weight excluding hydrogens is 206 g/mol. The van der Waals surface area contributed by atoms with Crippen LogP contribution >= 0.6 is 11.8 Å². The summed E-state index contributed by atoms with van der Waals surface area (Å²) in [6.07, 6.45) is 5.30. The van der Waals surface area contributed by atoms with Crippen molar-refractivity contribution in [3.63, 3.8) is 0 Å². The Hall–Kier alpha value is -0.480. The number of aryl methyl sites for hydroxylation is 1. The molecule has 0 aromatic carbocycles. The van der Waals surface area contributed by atoms with Crippen LogP contribution in [0.4, 0.5) is 0 Å². The molecule has 0 bridgehead atoms. The lowest BCUT2D eigenvalue weighted by atomic mass is 10.2. The van der Waals surface area contributed by atoms with Gasteiger partial charge >= 0.3 is 0 Å². The topological polar surface area (TPSA) is 29.9 Å². The molecule has 0 aliphatic carbocycles. The van der Waals surface area contributed by atoms with Crippen molar-refractivity contribution in [1.29, 1.82) is 0 Å². The van der Waals surface area contributed by atoms with E-state index in [2.05, 4.69) is 30.5 Å². The van der Waals surface area contributed by atoms with Crippen molar-refractivity contribution in [2.24, 2.45) is 7.05 Å². The van der Waals surface area contributed by atoms with Crippen LogP contribution in [0.3, 0.4) is 0 Å². The summed E-state index contributed by atoms with van der Waals surface area (Å²) in [5.41, 5.74) is 1.29. The van der Waals surface area contributed by atoms with Crippen LogP contribution in [0, 0.1) is 0 Å². The number of nitrogens with one attached hydrogen (secondary N) is 1. The highest BCUT2D eigenvalue weighted by Gasteiger charge is 2.11. The number of hydrogen-bond acceptors (Lipinski definition) is 3. The standard InChI is InChI=1S/C11H21N3S/c1-4-6-15-9-11(12-5-2)10-7-13-14(3)8-10/h7-8,11-12H,4-6,9H2,1-3H3. The fraction of sp³-hybridized carbons (Fsp3) is 0.727. The van der Waals surface area contributed by atoms with Crippen molar-refractivity contribution in [2.75, 3.05) is 18.1 Å². The predicted octanol–water partition coefficient (Wildman–Crippen LogP) is 2.21. The van der Waals surface area contributed by atoms with E-state index >= 15 is 0 Å². The molecule has 1 N–H and O–H groups in total. The molecular formula is C11H21N3S. The third-order valence-electron chi connectivity index (χ3n) is 2.21. The van der Waals surface area contributed by atoms with Gasteiger partial charge in [0, 0.05) is 30.6 Å². The maximum atomic E-state index is 4.22. The van der Waals surface area contributed by atoms with Crippen LogP contribution < -0.4 is 5.32 Å². The largest absolute Gasteiger partial charge is 0.309 e. The molecule has 0 aliphatic heterocycles. The molecule has 0 saturated carbocycles. The number of aromatic nitrogens is 2. The van der Waals surface area contributed by atoms with Gasteiger partial charge in [0.15, 0.2) is 0 Å². The van der Waals surface area contributed by atoms with Gasteiger partial charge in [-0.1, -0.05) is 13.8 Å². The smallest absolute Gasteiger partial charge is 0.0537 e. The molecule has 0 saturated heterocycles. The summed E-state index contributed by atoms with van der Waals surface area (Å²) in [5.74, 6) is 2.37. The molecule has 3 nitrogen and oxygen atoms in total. The molecule has 0 radical (unpaired) electrons. The first-order chi connectivity index (χ1) is 7.27. The lowest BCUT2D eigenvalue weighted by Crippen LogP contribution is -2.22. The first-order valence-corrected chi connectivity index (χ1v) is 6.73. The summed E-state index contributed by atoms with van der Waals surface area (Å²) in [6.45, 7) is 5.37. The van der Waals surface area contributed by atoms with Gasteiger partial charge in [0.05, 0.1) is 6.20 Å². The summed E-state index contributed by atoms with van der Waals surface area (Å²) in [4.78, 5) is 0. The molecule has 1 unspecified atom stereocenters. The Labute approximate surface area is 96.6 Å². The summed E-state index contributed by atoms with van der Waals surface area (Å²) in [6, 6.07) is 0.445. The predicted molar refractivity (Wildman–Crippen MR) is 67.2 cm³/mol. The van der Waals surface area contributed by atoms with Crippen molar-refractivity contribution in [1.82, 2.24) is 15.1 Å². The Morgan fingerprint density at radius 2 is 2.33 bits per heavy atom. The van der Waals surface area contributed by atoms with Crippen LogP contribution in [0.5, 0.6) is 0 Å². The van der Waals surface area contributed by atoms with Gasteiger partial charge < -0.3 is 5.32 Å². The molecule has 1 aromatic heterocycles. The zero-order valence-electron chi connectivity index (χ0n) is 9.86. The first-order valence-electron chi connectivity index (χ1n) is 5.57. The van der Waals surface area contributed by atoms with Crippen molar-refractivity contribution in [2.45, 2.75) is 26.3 Å². The molecule has 1 atom stereocenters. The van der Waals surface area contributed by atoms with Gasteiger partial charge in [-0.15, -0.1) is 0 Å². The van der Waals surface area contributed by atoms with Crippen LogP contribution in [-0.4, -0.2) is 27.8 Å². The van der Waals surface area contributed by atoms with E-state index in [-0.39, 0.29) is 0 Å². The van der Waals surface area contributed by atoms with Crippen LogP contribution in [0.15, 0.2) is 12.4 Å². The number of thioether (sulfide) groups is 1. The highest BCUT2D eigenvalue weighted by molar-refractivity contribution is 7.99. The Morgan fingerprint density at radius 3 is 2.87 bits per heavy atom. The van der Waals surface area contributed by atoms with Crippen molar-refractivity contribution >= 4 is 11.8 Å². The fourth-order valence-electron chi connectivity index (χ4n) is 1.49. The zero-order valence-corrected chi connectivity index (χ0v) is 10.7. The molecule has 0 amide bonds. The minimum atomic E-state index is 0.445. The Bertz CT molecular complexity index is 273.